The van der Waals surface area contributed by atoms with E-state index in [0.29, 0.717) is 13.0 Å². The molecule has 1 atom stereocenters. The Hall–Kier alpha value is -3.80. The van der Waals surface area contributed by atoms with Crippen LogP contribution < -0.4 is 0 Å². The molecule has 1 amide bonds. The average Bonchev–Trinajstić information content (AvgIpc) is 3.34. The van der Waals surface area contributed by atoms with E-state index >= 15 is 0 Å². The summed E-state index contributed by atoms with van der Waals surface area (Å²) in [5.41, 5.74) is 9.75. The number of carbonyl (C=O) groups excluding carboxylic acids is 2. The van der Waals surface area contributed by atoms with Gasteiger partial charge in [0.05, 0.1) is 5.52 Å². The van der Waals surface area contributed by atoms with E-state index < -0.39 is 0 Å². The van der Waals surface area contributed by atoms with Crippen LogP contribution in [-0.2, 0) is 30.7 Å². The molecule has 0 radical (unpaired) electrons. The Bertz CT molecular complexity index is 1520. The zero-order chi connectivity index (χ0) is 26.2. The quantitative estimate of drug-likeness (QED) is 0.346. The van der Waals surface area contributed by atoms with Gasteiger partial charge in [0.15, 0.2) is 0 Å². The highest BCUT2D eigenvalue weighted by atomic mass is 16.2. The van der Waals surface area contributed by atoms with Crippen molar-refractivity contribution in [1.29, 1.82) is 0 Å². The van der Waals surface area contributed by atoms with Crippen LogP contribution in [0, 0.1) is 6.92 Å². The first-order valence-electron chi connectivity index (χ1n) is 13.8. The third-order valence-electron chi connectivity index (χ3n) is 8.32. The minimum absolute atomic E-state index is 0.0694. The van der Waals surface area contributed by atoms with Gasteiger partial charge in [0, 0.05) is 37.5 Å². The van der Waals surface area contributed by atoms with E-state index in [4.69, 9.17) is 0 Å². The molecule has 3 aromatic carbocycles. The van der Waals surface area contributed by atoms with Gasteiger partial charge < -0.3 is 4.90 Å². The standard InChI is InChI=1S/C32H34N4O2/c1-21(37)18-29-26-12-11-24-15-17-35(20-27(24)19-26)32(38)25-9-7-23(8-10-25)6-4-3-5-16-36-30-14-13-28(29)22(2)31(30)33-34-36/h7-14,19,29H,3-6,15-18,20H2,1-2H3. The molecule has 194 valence electrons. The van der Waals surface area contributed by atoms with E-state index in [1.165, 1.54) is 16.7 Å². The molecule has 1 aromatic heterocycles. The summed E-state index contributed by atoms with van der Waals surface area (Å²) in [5, 5.41) is 9.05. The van der Waals surface area contributed by atoms with Gasteiger partial charge in [-0.3, -0.25) is 9.59 Å². The zero-order valence-electron chi connectivity index (χ0n) is 22.2. The first-order chi connectivity index (χ1) is 18.5. The lowest BCUT2D eigenvalue weighted by atomic mass is 9.82. The highest BCUT2D eigenvalue weighted by Crippen LogP contribution is 2.35. The Labute approximate surface area is 223 Å². The summed E-state index contributed by atoms with van der Waals surface area (Å²) in [6.07, 6.45) is 5.50. The summed E-state index contributed by atoms with van der Waals surface area (Å²) in [4.78, 5) is 27.8. The smallest absolute Gasteiger partial charge is 0.254 e. The average molecular weight is 507 g/mol. The van der Waals surface area contributed by atoms with Gasteiger partial charge in [-0.2, -0.15) is 0 Å². The second-order valence-corrected chi connectivity index (χ2v) is 10.9. The summed E-state index contributed by atoms with van der Waals surface area (Å²) in [7, 11) is 0. The number of amides is 1. The highest BCUT2D eigenvalue weighted by molar-refractivity contribution is 5.94. The van der Waals surface area contributed by atoms with E-state index in [0.717, 1.165) is 78.5 Å². The fourth-order valence-electron chi connectivity index (χ4n) is 6.15. The predicted molar refractivity (Wildman–Crippen MR) is 148 cm³/mol. The summed E-state index contributed by atoms with van der Waals surface area (Å²) >= 11 is 0. The maximum Gasteiger partial charge on any atom is 0.254 e. The number of hydrogen-bond donors (Lipinski definition) is 0. The molecule has 9 rings (SSSR count). The second kappa shape index (κ2) is 10.2. The number of carbonyl (C=O) groups is 2. The summed E-state index contributed by atoms with van der Waals surface area (Å²) in [6.45, 7) is 5.90. The van der Waals surface area contributed by atoms with Gasteiger partial charge in [-0.15, -0.1) is 5.10 Å². The van der Waals surface area contributed by atoms with Crippen LogP contribution in [-0.4, -0.2) is 38.1 Å². The van der Waals surface area contributed by atoms with Crippen LogP contribution >= 0.6 is 0 Å². The van der Waals surface area contributed by atoms with Crippen LogP contribution in [0.15, 0.2) is 54.6 Å². The van der Waals surface area contributed by atoms with E-state index in [-0.39, 0.29) is 17.6 Å². The molecule has 4 aromatic rings. The number of hydrogen-bond acceptors (Lipinski definition) is 4. The third kappa shape index (κ3) is 4.64. The van der Waals surface area contributed by atoms with E-state index in [1.807, 2.05) is 21.7 Å². The molecule has 0 saturated heterocycles. The lowest BCUT2D eigenvalue weighted by molar-refractivity contribution is -0.117. The minimum atomic E-state index is -0.0694. The first kappa shape index (κ1) is 24.5. The Morgan fingerprint density at radius 1 is 0.947 bits per heavy atom. The van der Waals surface area contributed by atoms with Crippen molar-refractivity contribution in [3.05, 3.63) is 93.5 Å². The van der Waals surface area contributed by atoms with Crippen LogP contribution in [0.25, 0.3) is 11.0 Å². The van der Waals surface area contributed by atoms with Crippen molar-refractivity contribution in [1.82, 2.24) is 19.9 Å². The van der Waals surface area contributed by atoms with Crippen LogP contribution in [0.3, 0.4) is 0 Å². The van der Waals surface area contributed by atoms with Crippen molar-refractivity contribution in [2.24, 2.45) is 0 Å². The number of ketones is 1. The molecule has 0 N–H and O–H groups in total. The topological polar surface area (TPSA) is 68.1 Å². The number of Topliss-reactive ketones (excluding diaryl/α,β-unsaturated/α-hetero) is 1. The summed E-state index contributed by atoms with van der Waals surface area (Å²) in [6, 6.07) is 19.0. The Kier molecular flexibility index (Phi) is 6.56. The first-order valence-corrected chi connectivity index (χ1v) is 13.8. The summed E-state index contributed by atoms with van der Waals surface area (Å²) in [5.74, 6) is 0.171. The van der Waals surface area contributed by atoms with Crippen LogP contribution in [0.2, 0.25) is 0 Å². The van der Waals surface area contributed by atoms with Gasteiger partial charge in [0.25, 0.3) is 5.91 Å². The van der Waals surface area contributed by atoms with Gasteiger partial charge in [0.1, 0.15) is 11.3 Å². The lowest BCUT2D eigenvalue weighted by Crippen LogP contribution is -2.36. The second-order valence-electron chi connectivity index (χ2n) is 10.9. The van der Waals surface area contributed by atoms with E-state index in [1.54, 1.807) is 6.92 Å². The number of nitrogens with zero attached hydrogens (tertiary/aromatic N) is 4. The molecule has 0 aliphatic carbocycles. The van der Waals surface area contributed by atoms with Crippen molar-refractivity contribution in [3.63, 3.8) is 0 Å². The van der Waals surface area contributed by atoms with Crippen molar-refractivity contribution >= 4 is 22.7 Å². The van der Waals surface area contributed by atoms with E-state index in [2.05, 4.69) is 59.7 Å². The Balaban J connectivity index is 1.44. The molecule has 6 heterocycles. The number of benzene rings is 3. The molecule has 0 saturated carbocycles. The monoisotopic (exact) mass is 506 g/mol. The van der Waals surface area contributed by atoms with E-state index in [9.17, 15) is 9.59 Å². The lowest BCUT2D eigenvalue weighted by Gasteiger charge is -2.30. The normalized spacial score (nSPS) is 17.9. The maximum atomic E-state index is 13.4. The summed E-state index contributed by atoms with van der Waals surface area (Å²) < 4.78 is 2.02. The van der Waals surface area contributed by atoms with Gasteiger partial charge in [-0.1, -0.05) is 48.0 Å². The van der Waals surface area contributed by atoms with Gasteiger partial charge in [-0.25, -0.2) is 4.68 Å². The van der Waals surface area contributed by atoms with Crippen molar-refractivity contribution in [2.75, 3.05) is 6.54 Å². The highest BCUT2D eigenvalue weighted by Gasteiger charge is 2.26. The molecule has 0 fully saturated rings. The van der Waals surface area contributed by atoms with Crippen molar-refractivity contribution in [3.8, 4) is 0 Å². The third-order valence-corrected chi connectivity index (χ3v) is 8.32. The molecule has 1 unspecified atom stereocenters. The van der Waals surface area contributed by atoms with Crippen molar-refractivity contribution in [2.45, 2.75) is 71.4 Å². The predicted octanol–water partition coefficient (Wildman–Crippen LogP) is 5.78. The molecule has 9 bridgehead atoms. The molecule has 38 heavy (non-hydrogen) atoms. The largest absolute Gasteiger partial charge is 0.334 e. The Morgan fingerprint density at radius 2 is 1.79 bits per heavy atom. The Morgan fingerprint density at radius 3 is 2.61 bits per heavy atom. The zero-order valence-corrected chi connectivity index (χ0v) is 22.2. The minimum Gasteiger partial charge on any atom is -0.334 e. The van der Waals surface area contributed by atoms with Gasteiger partial charge >= 0.3 is 0 Å². The van der Waals surface area contributed by atoms with Crippen LogP contribution in [0.5, 0.6) is 0 Å². The number of rotatable bonds is 2. The van der Waals surface area contributed by atoms with Crippen molar-refractivity contribution < 1.29 is 9.59 Å². The number of aromatic nitrogens is 3. The number of aryl methyl sites for hydroxylation is 3. The van der Waals surface area contributed by atoms with Crippen LogP contribution in [0.1, 0.15) is 82.3 Å². The molecule has 5 aliphatic heterocycles. The SMILES string of the molecule is CC(=O)CC1c2ccc3c(c2)CN(CC3)C(=O)c2ccc(cc2)CCCCCn2nnc3c(C)c1ccc32. The molecule has 6 nitrogen and oxygen atoms in total. The molecular formula is C32H34N4O2. The fraction of sp³-hybridized carbons (Fsp3) is 0.375. The van der Waals surface area contributed by atoms with Gasteiger partial charge in [0.2, 0.25) is 0 Å². The fourth-order valence-corrected chi connectivity index (χ4v) is 6.15. The van der Waals surface area contributed by atoms with Gasteiger partial charge in [-0.05, 0) is 91.1 Å². The molecule has 0 spiro atoms. The molecule has 5 aliphatic rings. The maximum absolute atomic E-state index is 13.4. The van der Waals surface area contributed by atoms with Crippen LogP contribution in [0.4, 0.5) is 0 Å². The molecule has 6 heteroatoms. The molecular weight excluding hydrogens is 472 g/mol.